The highest BCUT2D eigenvalue weighted by Crippen LogP contribution is 2.28. The third-order valence-corrected chi connectivity index (χ3v) is 6.77. The van der Waals surface area contributed by atoms with Gasteiger partial charge in [0.2, 0.25) is 10.0 Å². The van der Waals surface area contributed by atoms with Crippen LogP contribution < -0.4 is 10.0 Å². The van der Waals surface area contributed by atoms with E-state index in [4.69, 9.17) is 0 Å². The number of piperidine rings is 1. The van der Waals surface area contributed by atoms with E-state index >= 15 is 0 Å². The van der Waals surface area contributed by atoms with Crippen molar-refractivity contribution in [1.82, 2.24) is 14.9 Å². The molecule has 1 saturated carbocycles. The molecule has 7 heteroatoms. The van der Waals surface area contributed by atoms with E-state index in [9.17, 15) is 13.2 Å². The summed E-state index contributed by atoms with van der Waals surface area (Å²) in [5.74, 6) is 0.255. The predicted molar refractivity (Wildman–Crippen MR) is 111 cm³/mol. The van der Waals surface area contributed by atoms with E-state index in [1.807, 2.05) is 0 Å². The van der Waals surface area contributed by atoms with Crippen LogP contribution in [-0.2, 0) is 10.0 Å². The monoisotopic (exact) mass is 405 g/mol. The average molecular weight is 406 g/mol. The first-order valence-corrected chi connectivity index (χ1v) is 11.6. The minimum absolute atomic E-state index is 0.128. The van der Waals surface area contributed by atoms with Gasteiger partial charge in [0.25, 0.3) is 5.91 Å². The maximum absolute atomic E-state index is 12.6. The normalized spacial score (nSPS) is 18.6. The number of nitrogens with zero attached hydrogens (tertiary/aromatic N) is 1. The number of sulfonamides is 1. The van der Waals surface area contributed by atoms with Crippen LogP contribution in [0.15, 0.2) is 40.8 Å². The molecule has 1 aromatic carbocycles. The van der Waals surface area contributed by atoms with Crippen LogP contribution in [0.5, 0.6) is 0 Å². The van der Waals surface area contributed by atoms with Gasteiger partial charge in [0.15, 0.2) is 0 Å². The fourth-order valence-corrected chi connectivity index (χ4v) is 4.44. The minimum Gasteiger partial charge on any atom is -0.349 e. The predicted octanol–water partition coefficient (Wildman–Crippen LogP) is 2.54. The van der Waals surface area contributed by atoms with Gasteiger partial charge < -0.3 is 5.32 Å². The molecule has 1 heterocycles. The summed E-state index contributed by atoms with van der Waals surface area (Å²) < 4.78 is 27.5. The highest BCUT2D eigenvalue weighted by molar-refractivity contribution is 7.89. The van der Waals surface area contributed by atoms with Crippen molar-refractivity contribution in [3.05, 3.63) is 41.5 Å². The number of carbonyl (C=O) groups excluding carboxylic acids is 1. The van der Waals surface area contributed by atoms with Gasteiger partial charge in [0.1, 0.15) is 0 Å². The third kappa shape index (κ3) is 6.15. The summed E-state index contributed by atoms with van der Waals surface area (Å²) in [6.07, 6.45) is 6.20. The van der Waals surface area contributed by atoms with Crippen LogP contribution in [0.3, 0.4) is 0 Å². The maximum Gasteiger partial charge on any atom is 0.251 e. The molecule has 1 aromatic rings. The van der Waals surface area contributed by atoms with Gasteiger partial charge in [-0.2, -0.15) is 0 Å². The Morgan fingerprint density at radius 2 is 1.89 bits per heavy atom. The molecule has 2 N–H and O–H groups in total. The molecule has 28 heavy (non-hydrogen) atoms. The quantitative estimate of drug-likeness (QED) is 0.652. The van der Waals surface area contributed by atoms with Crippen molar-refractivity contribution in [1.29, 1.82) is 0 Å². The number of amides is 1. The molecule has 6 nitrogen and oxygen atoms in total. The molecule has 0 spiro atoms. The number of hydrogen-bond donors (Lipinski definition) is 2. The Balaban J connectivity index is 1.54. The smallest absolute Gasteiger partial charge is 0.251 e. The lowest BCUT2D eigenvalue weighted by Crippen LogP contribution is -2.44. The topological polar surface area (TPSA) is 78.5 Å². The Morgan fingerprint density at radius 3 is 2.54 bits per heavy atom. The molecule has 2 fully saturated rings. The van der Waals surface area contributed by atoms with E-state index in [2.05, 4.69) is 34.9 Å². The number of benzene rings is 1. The maximum atomic E-state index is 12.6. The molecule has 1 aliphatic heterocycles. The van der Waals surface area contributed by atoms with Crippen LogP contribution in [0.1, 0.15) is 49.9 Å². The summed E-state index contributed by atoms with van der Waals surface area (Å²) >= 11 is 0. The lowest BCUT2D eigenvalue weighted by Gasteiger charge is -2.31. The molecule has 3 rings (SSSR count). The van der Waals surface area contributed by atoms with E-state index in [1.165, 1.54) is 17.7 Å². The molecule has 2 aliphatic rings. The summed E-state index contributed by atoms with van der Waals surface area (Å²) in [6, 6.07) is 6.42. The lowest BCUT2D eigenvalue weighted by molar-refractivity contribution is 0.0914. The van der Waals surface area contributed by atoms with Gasteiger partial charge in [0, 0.05) is 37.8 Å². The molecule has 0 radical (unpaired) electrons. The standard InChI is InChI=1S/C21H31N3O3S/c1-16(2)8-11-24-12-9-19(10-13-24)23-21(25)18-4-3-5-20(14-18)28(26,27)22-15-17-6-7-17/h3-5,8,14,17,19,22H,6-7,9-13,15H2,1-2H3,(H,23,25). The van der Waals surface area contributed by atoms with Crippen LogP contribution >= 0.6 is 0 Å². The SMILES string of the molecule is CC(C)=CCN1CCC(NC(=O)c2cccc(S(=O)(=O)NCC3CC3)c2)CC1. The number of likely N-dealkylation sites (tertiary alicyclic amines) is 1. The zero-order valence-electron chi connectivity index (χ0n) is 16.8. The van der Waals surface area contributed by atoms with Crippen LogP contribution in [0.2, 0.25) is 0 Å². The Bertz CT molecular complexity index is 819. The van der Waals surface area contributed by atoms with Gasteiger partial charge in [-0.3, -0.25) is 9.69 Å². The lowest BCUT2D eigenvalue weighted by atomic mass is 10.0. The fourth-order valence-electron chi connectivity index (χ4n) is 3.28. The fraction of sp³-hybridized carbons (Fsp3) is 0.571. The van der Waals surface area contributed by atoms with E-state index < -0.39 is 10.0 Å². The van der Waals surface area contributed by atoms with E-state index in [0.29, 0.717) is 18.0 Å². The van der Waals surface area contributed by atoms with Crippen molar-refractivity contribution in [2.45, 2.75) is 50.5 Å². The van der Waals surface area contributed by atoms with Crippen LogP contribution in [0.4, 0.5) is 0 Å². The number of allylic oxidation sites excluding steroid dienone is 1. The van der Waals surface area contributed by atoms with Crippen molar-refractivity contribution >= 4 is 15.9 Å². The second-order valence-corrected chi connectivity index (χ2v) is 9.92. The molecule has 1 saturated heterocycles. The summed E-state index contributed by atoms with van der Waals surface area (Å²) in [7, 11) is -3.57. The molecular formula is C21H31N3O3S. The number of carbonyl (C=O) groups is 1. The molecular weight excluding hydrogens is 374 g/mol. The molecule has 0 atom stereocenters. The zero-order chi connectivity index (χ0) is 20.1. The van der Waals surface area contributed by atoms with Crippen molar-refractivity contribution < 1.29 is 13.2 Å². The first-order valence-electron chi connectivity index (χ1n) is 10.1. The van der Waals surface area contributed by atoms with Crippen molar-refractivity contribution in [2.75, 3.05) is 26.2 Å². The third-order valence-electron chi connectivity index (χ3n) is 5.35. The number of rotatable bonds is 8. The minimum atomic E-state index is -3.57. The van der Waals surface area contributed by atoms with Gasteiger partial charge in [-0.25, -0.2) is 13.1 Å². The number of hydrogen-bond acceptors (Lipinski definition) is 4. The molecule has 0 unspecified atom stereocenters. The van der Waals surface area contributed by atoms with Crippen LogP contribution in [0, 0.1) is 5.92 Å². The number of nitrogens with one attached hydrogen (secondary N) is 2. The summed E-state index contributed by atoms with van der Waals surface area (Å²) in [6.45, 7) is 7.54. The first-order chi connectivity index (χ1) is 13.3. The Morgan fingerprint density at radius 1 is 1.18 bits per heavy atom. The summed E-state index contributed by atoms with van der Waals surface area (Å²) in [4.78, 5) is 15.1. The van der Waals surface area contributed by atoms with E-state index in [-0.39, 0.29) is 16.8 Å². The largest absolute Gasteiger partial charge is 0.349 e. The molecule has 1 aliphatic carbocycles. The van der Waals surface area contributed by atoms with Gasteiger partial charge in [-0.1, -0.05) is 17.7 Å². The second kappa shape index (κ2) is 9.20. The van der Waals surface area contributed by atoms with Crippen LogP contribution in [-0.4, -0.2) is 51.4 Å². The van der Waals surface area contributed by atoms with Crippen molar-refractivity contribution in [3.63, 3.8) is 0 Å². The zero-order valence-corrected chi connectivity index (χ0v) is 17.6. The Labute approximate surface area is 168 Å². The van der Waals surface area contributed by atoms with Gasteiger partial charge in [0.05, 0.1) is 4.90 Å². The summed E-state index contributed by atoms with van der Waals surface area (Å²) in [5.41, 5.74) is 1.71. The molecule has 0 bridgehead atoms. The highest BCUT2D eigenvalue weighted by Gasteiger charge is 2.25. The molecule has 0 aromatic heterocycles. The molecule has 154 valence electrons. The molecule has 1 amide bonds. The van der Waals surface area contributed by atoms with Crippen molar-refractivity contribution in [3.8, 4) is 0 Å². The van der Waals surface area contributed by atoms with E-state index in [1.54, 1.807) is 12.1 Å². The van der Waals surface area contributed by atoms with Gasteiger partial charge >= 0.3 is 0 Å². The average Bonchev–Trinajstić information content (AvgIpc) is 3.50. The second-order valence-electron chi connectivity index (χ2n) is 8.15. The first kappa shape index (κ1) is 21.0. The Kier molecular flexibility index (Phi) is 6.91. The van der Waals surface area contributed by atoms with Gasteiger partial charge in [-0.05, 0) is 63.6 Å². The Hall–Kier alpha value is -1.70. The van der Waals surface area contributed by atoms with Crippen LogP contribution in [0.25, 0.3) is 0 Å². The van der Waals surface area contributed by atoms with E-state index in [0.717, 1.165) is 45.3 Å². The highest BCUT2D eigenvalue weighted by atomic mass is 32.2. The summed E-state index contributed by atoms with van der Waals surface area (Å²) in [5, 5.41) is 3.06. The van der Waals surface area contributed by atoms with Gasteiger partial charge in [-0.15, -0.1) is 0 Å². The van der Waals surface area contributed by atoms with Crippen molar-refractivity contribution in [2.24, 2.45) is 5.92 Å².